The Bertz CT molecular complexity index is 643. The average Bonchev–Trinajstić information content (AvgIpc) is 2.84. The second-order valence-corrected chi connectivity index (χ2v) is 8.48. The minimum absolute atomic E-state index is 0.297. The number of carbonyl (C=O) groups excluding carboxylic acids is 1. The standard InChI is InChI=1S/C28H46O5/c1-5-6-7-8-9-10-11-12-13-14-15-16-17-18-19-20-21-33-28(29)27-25(31-3)22-24(30-2)23-26(27)32-4/h12-13,22-23H,5-11,14-21H2,1-4H3/b13-12-. The summed E-state index contributed by atoms with van der Waals surface area (Å²) in [7, 11) is 4.58. The van der Waals surface area contributed by atoms with E-state index in [0.717, 1.165) is 12.8 Å². The number of esters is 1. The number of rotatable bonds is 20. The lowest BCUT2D eigenvalue weighted by Crippen LogP contribution is -2.10. The second kappa shape index (κ2) is 19.3. The molecule has 1 aromatic carbocycles. The fraction of sp³-hybridized carbons (Fsp3) is 0.679. The summed E-state index contributed by atoms with van der Waals surface area (Å²) in [5.74, 6) is 0.905. The lowest BCUT2D eigenvalue weighted by atomic mass is 10.1. The van der Waals surface area contributed by atoms with Gasteiger partial charge in [-0.25, -0.2) is 4.79 Å². The molecule has 0 spiro atoms. The number of unbranched alkanes of at least 4 members (excludes halogenated alkanes) is 12. The molecule has 0 saturated heterocycles. The Hall–Kier alpha value is -2.17. The molecule has 0 fully saturated rings. The smallest absolute Gasteiger partial charge is 0.345 e. The van der Waals surface area contributed by atoms with Gasteiger partial charge in [0.1, 0.15) is 22.8 Å². The van der Waals surface area contributed by atoms with E-state index in [1.807, 2.05) is 0 Å². The van der Waals surface area contributed by atoms with E-state index in [1.165, 1.54) is 91.3 Å². The first-order chi connectivity index (χ1) is 16.2. The molecular formula is C28H46O5. The molecule has 0 unspecified atom stereocenters. The number of methoxy groups -OCH3 is 3. The van der Waals surface area contributed by atoms with Crippen LogP contribution in [0.2, 0.25) is 0 Å². The Kier molecular flexibility index (Phi) is 16.9. The van der Waals surface area contributed by atoms with Gasteiger partial charge < -0.3 is 18.9 Å². The lowest BCUT2D eigenvalue weighted by molar-refractivity contribution is 0.0490. The van der Waals surface area contributed by atoms with E-state index in [9.17, 15) is 4.79 Å². The van der Waals surface area contributed by atoms with Crippen LogP contribution in [0.5, 0.6) is 17.2 Å². The van der Waals surface area contributed by atoms with Crippen molar-refractivity contribution in [1.82, 2.24) is 0 Å². The van der Waals surface area contributed by atoms with Crippen LogP contribution in [0.1, 0.15) is 107 Å². The zero-order chi connectivity index (χ0) is 24.2. The van der Waals surface area contributed by atoms with Crippen LogP contribution in [-0.2, 0) is 4.74 Å². The molecule has 0 aliphatic rings. The third-order valence-electron chi connectivity index (χ3n) is 5.81. The molecule has 1 aromatic rings. The Morgan fingerprint density at radius 3 is 1.67 bits per heavy atom. The third-order valence-corrected chi connectivity index (χ3v) is 5.81. The largest absolute Gasteiger partial charge is 0.496 e. The molecule has 5 nitrogen and oxygen atoms in total. The van der Waals surface area contributed by atoms with Gasteiger partial charge in [-0.05, 0) is 32.1 Å². The Balaban J connectivity index is 2.09. The van der Waals surface area contributed by atoms with Gasteiger partial charge in [-0.15, -0.1) is 0 Å². The van der Waals surface area contributed by atoms with Gasteiger partial charge in [0.05, 0.1) is 27.9 Å². The Morgan fingerprint density at radius 2 is 1.18 bits per heavy atom. The first-order valence-corrected chi connectivity index (χ1v) is 12.8. The van der Waals surface area contributed by atoms with Crippen molar-refractivity contribution in [2.75, 3.05) is 27.9 Å². The molecule has 1 rings (SSSR count). The van der Waals surface area contributed by atoms with Crippen LogP contribution in [0.3, 0.4) is 0 Å². The second-order valence-electron chi connectivity index (χ2n) is 8.48. The quantitative estimate of drug-likeness (QED) is 0.112. The van der Waals surface area contributed by atoms with E-state index in [4.69, 9.17) is 18.9 Å². The monoisotopic (exact) mass is 462 g/mol. The summed E-state index contributed by atoms with van der Waals surface area (Å²) in [5, 5.41) is 0. The molecule has 188 valence electrons. The minimum Gasteiger partial charge on any atom is -0.496 e. The van der Waals surface area contributed by atoms with Crippen molar-refractivity contribution in [3.05, 3.63) is 29.8 Å². The third kappa shape index (κ3) is 12.6. The molecule has 0 radical (unpaired) electrons. The van der Waals surface area contributed by atoms with Gasteiger partial charge in [0.15, 0.2) is 0 Å². The van der Waals surface area contributed by atoms with Crippen molar-refractivity contribution >= 4 is 5.97 Å². The Labute approximate surface area is 201 Å². The van der Waals surface area contributed by atoms with Crippen LogP contribution in [0.15, 0.2) is 24.3 Å². The summed E-state index contributed by atoms with van der Waals surface area (Å²) in [4.78, 5) is 12.5. The molecule has 33 heavy (non-hydrogen) atoms. The van der Waals surface area contributed by atoms with Gasteiger partial charge in [-0.2, -0.15) is 0 Å². The maximum Gasteiger partial charge on any atom is 0.345 e. The van der Waals surface area contributed by atoms with Crippen LogP contribution in [0.4, 0.5) is 0 Å². The van der Waals surface area contributed by atoms with Crippen molar-refractivity contribution in [2.45, 2.75) is 96.8 Å². The van der Waals surface area contributed by atoms with Crippen molar-refractivity contribution < 1.29 is 23.7 Å². The molecule has 0 heterocycles. The van der Waals surface area contributed by atoms with Gasteiger partial charge in [-0.1, -0.05) is 76.9 Å². The summed E-state index contributed by atoms with van der Waals surface area (Å²) >= 11 is 0. The van der Waals surface area contributed by atoms with Crippen LogP contribution in [-0.4, -0.2) is 33.9 Å². The summed E-state index contributed by atoms with van der Waals surface area (Å²) in [5.41, 5.74) is 0.297. The molecule has 0 aliphatic carbocycles. The average molecular weight is 463 g/mol. The van der Waals surface area contributed by atoms with Crippen LogP contribution < -0.4 is 14.2 Å². The van der Waals surface area contributed by atoms with Gasteiger partial charge in [-0.3, -0.25) is 0 Å². The summed E-state index contributed by atoms with van der Waals surface area (Å²) in [6.45, 7) is 2.67. The van der Waals surface area contributed by atoms with Crippen LogP contribution >= 0.6 is 0 Å². The van der Waals surface area contributed by atoms with E-state index >= 15 is 0 Å². The van der Waals surface area contributed by atoms with E-state index < -0.39 is 5.97 Å². The zero-order valence-corrected chi connectivity index (χ0v) is 21.5. The fourth-order valence-corrected chi connectivity index (χ4v) is 3.79. The number of hydrogen-bond acceptors (Lipinski definition) is 5. The first kappa shape index (κ1) is 28.9. The van der Waals surface area contributed by atoms with Gasteiger partial charge in [0.25, 0.3) is 0 Å². The zero-order valence-electron chi connectivity index (χ0n) is 21.5. The molecule has 0 amide bonds. The Morgan fingerprint density at radius 1 is 0.697 bits per heavy atom. The van der Waals surface area contributed by atoms with Crippen molar-refractivity contribution in [3.8, 4) is 17.2 Å². The highest BCUT2D eigenvalue weighted by molar-refractivity contribution is 5.96. The predicted molar refractivity (Wildman–Crippen MR) is 136 cm³/mol. The fourth-order valence-electron chi connectivity index (χ4n) is 3.79. The summed E-state index contributed by atoms with van der Waals surface area (Å²) in [6.07, 6.45) is 22.2. The molecule has 0 aromatic heterocycles. The predicted octanol–water partition coefficient (Wildman–Crippen LogP) is 7.91. The SMILES string of the molecule is CCCCCCCC/C=C\CCCCCCCCOC(=O)c1c(OC)cc(OC)cc1OC. The highest BCUT2D eigenvalue weighted by Crippen LogP contribution is 2.34. The number of hydrogen-bond donors (Lipinski definition) is 0. The van der Waals surface area contributed by atoms with Gasteiger partial charge >= 0.3 is 5.97 Å². The molecular weight excluding hydrogens is 416 g/mol. The molecule has 0 bridgehead atoms. The maximum atomic E-state index is 12.5. The van der Waals surface area contributed by atoms with Gasteiger partial charge in [0.2, 0.25) is 0 Å². The van der Waals surface area contributed by atoms with E-state index in [0.29, 0.717) is 29.4 Å². The molecule has 0 saturated carbocycles. The van der Waals surface area contributed by atoms with Crippen molar-refractivity contribution in [3.63, 3.8) is 0 Å². The van der Waals surface area contributed by atoms with Crippen LogP contribution in [0, 0.1) is 0 Å². The van der Waals surface area contributed by atoms with Crippen molar-refractivity contribution in [1.29, 1.82) is 0 Å². The lowest BCUT2D eigenvalue weighted by Gasteiger charge is -2.14. The van der Waals surface area contributed by atoms with E-state index in [-0.39, 0.29) is 0 Å². The maximum absolute atomic E-state index is 12.5. The number of ether oxygens (including phenoxy) is 4. The van der Waals surface area contributed by atoms with E-state index in [1.54, 1.807) is 19.2 Å². The van der Waals surface area contributed by atoms with Gasteiger partial charge in [0, 0.05) is 12.1 Å². The molecule has 5 heteroatoms. The topological polar surface area (TPSA) is 54.0 Å². The minimum atomic E-state index is -0.431. The summed E-state index contributed by atoms with van der Waals surface area (Å²) in [6, 6.07) is 3.31. The van der Waals surface area contributed by atoms with E-state index in [2.05, 4.69) is 19.1 Å². The number of benzene rings is 1. The number of carbonyl (C=O) groups is 1. The van der Waals surface area contributed by atoms with Crippen molar-refractivity contribution in [2.24, 2.45) is 0 Å². The van der Waals surface area contributed by atoms with Crippen LogP contribution in [0.25, 0.3) is 0 Å². The molecule has 0 aliphatic heterocycles. The normalized spacial score (nSPS) is 11.0. The highest BCUT2D eigenvalue weighted by atomic mass is 16.5. The highest BCUT2D eigenvalue weighted by Gasteiger charge is 2.21. The summed E-state index contributed by atoms with van der Waals surface area (Å²) < 4.78 is 21.3. The molecule has 0 atom stereocenters. The number of allylic oxidation sites excluding steroid dienone is 2. The first-order valence-electron chi connectivity index (χ1n) is 12.8. The molecule has 0 N–H and O–H groups in total.